The van der Waals surface area contributed by atoms with Crippen LogP contribution in [0.3, 0.4) is 0 Å². The Bertz CT molecular complexity index is 625. The second-order valence-electron chi connectivity index (χ2n) is 3.90. The highest BCUT2D eigenvalue weighted by Crippen LogP contribution is 2.17. The topological polar surface area (TPSA) is 64.1 Å². The number of cyclic esters (lactones) is 1. The van der Waals surface area contributed by atoms with E-state index < -0.39 is 5.97 Å². The fourth-order valence-corrected chi connectivity index (χ4v) is 1.96. The number of H-pyrrole nitrogens is 1. The zero-order chi connectivity index (χ0) is 11.8. The standard InChI is InChI=1S/C12H10N2O3/c15-11-10-9(7-17-11)14(12(16)13-10)6-8-4-2-1-3-5-8/h1-5H,6-7H2,(H,13,16). The number of benzene rings is 1. The molecule has 0 fully saturated rings. The largest absolute Gasteiger partial charge is 0.454 e. The Morgan fingerprint density at radius 1 is 1.24 bits per heavy atom. The molecule has 0 atom stereocenters. The summed E-state index contributed by atoms with van der Waals surface area (Å²) in [6.45, 7) is 0.613. The first-order valence-corrected chi connectivity index (χ1v) is 5.28. The minimum Gasteiger partial charge on any atom is -0.454 e. The third-order valence-electron chi connectivity index (χ3n) is 2.82. The van der Waals surface area contributed by atoms with Gasteiger partial charge >= 0.3 is 11.7 Å². The van der Waals surface area contributed by atoms with Crippen LogP contribution in [-0.4, -0.2) is 15.5 Å². The molecule has 1 N–H and O–H groups in total. The van der Waals surface area contributed by atoms with Crippen LogP contribution in [-0.2, 0) is 17.9 Å². The number of rotatable bonds is 2. The lowest BCUT2D eigenvalue weighted by Gasteiger charge is -2.04. The van der Waals surface area contributed by atoms with Crippen molar-refractivity contribution in [3.8, 4) is 0 Å². The van der Waals surface area contributed by atoms with Crippen molar-refractivity contribution in [1.82, 2.24) is 9.55 Å². The summed E-state index contributed by atoms with van der Waals surface area (Å²) >= 11 is 0. The smallest absolute Gasteiger partial charge is 0.357 e. The van der Waals surface area contributed by atoms with Gasteiger partial charge in [0.05, 0.1) is 12.2 Å². The highest BCUT2D eigenvalue weighted by atomic mass is 16.5. The monoisotopic (exact) mass is 230 g/mol. The number of esters is 1. The Labute approximate surface area is 96.7 Å². The third-order valence-corrected chi connectivity index (χ3v) is 2.82. The molecule has 0 saturated carbocycles. The van der Waals surface area contributed by atoms with Crippen LogP contribution < -0.4 is 5.69 Å². The molecule has 3 rings (SSSR count). The summed E-state index contributed by atoms with van der Waals surface area (Å²) in [5, 5.41) is 0. The van der Waals surface area contributed by atoms with E-state index >= 15 is 0 Å². The second-order valence-corrected chi connectivity index (χ2v) is 3.90. The number of nitrogens with zero attached hydrogens (tertiary/aromatic N) is 1. The predicted molar refractivity (Wildman–Crippen MR) is 59.7 cm³/mol. The quantitative estimate of drug-likeness (QED) is 0.779. The van der Waals surface area contributed by atoms with Crippen molar-refractivity contribution in [3.63, 3.8) is 0 Å². The molecule has 17 heavy (non-hydrogen) atoms. The van der Waals surface area contributed by atoms with E-state index in [4.69, 9.17) is 4.74 Å². The molecule has 0 radical (unpaired) electrons. The van der Waals surface area contributed by atoms with E-state index in [-0.39, 0.29) is 18.0 Å². The molecular weight excluding hydrogens is 220 g/mol. The summed E-state index contributed by atoms with van der Waals surface area (Å²) in [7, 11) is 0. The van der Waals surface area contributed by atoms with Crippen molar-refractivity contribution < 1.29 is 9.53 Å². The lowest BCUT2D eigenvalue weighted by atomic mass is 10.2. The van der Waals surface area contributed by atoms with Crippen LogP contribution in [0.15, 0.2) is 35.1 Å². The van der Waals surface area contributed by atoms with E-state index in [1.54, 1.807) is 0 Å². The zero-order valence-electron chi connectivity index (χ0n) is 8.97. The lowest BCUT2D eigenvalue weighted by molar-refractivity contribution is 0.0524. The van der Waals surface area contributed by atoms with Gasteiger partial charge in [-0.25, -0.2) is 9.59 Å². The van der Waals surface area contributed by atoms with Gasteiger partial charge in [-0.05, 0) is 5.56 Å². The number of carbonyl (C=O) groups is 1. The van der Waals surface area contributed by atoms with Crippen molar-refractivity contribution in [2.24, 2.45) is 0 Å². The van der Waals surface area contributed by atoms with Gasteiger partial charge in [-0.2, -0.15) is 0 Å². The van der Waals surface area contributed by atoms with Crippen LogP contribution in [0.5, 0.6) is 0 Å². The number of aromatic amines is 1. The summed E-state index contributed by atoms with van der Waals surface area (Å²) in [4.78, 5) is 25.5. The number of hydrogen-bond donors (Lipinski definition) is 1. The first kappa shape index (κ1) is 9.89. The number of hydrogen-bond acceptors (Lipinski definition) is 3. The van der Waals surface area contributed by atoms with Gasteiger partial charge in [-0.1, -0.05) is 30.3 Å². The minimum absolute atomic E-state index is 0.166. The first-order chi connectivity index (χ1) is 8.25. The Morgan fingerprint density at radius 3 is 2.76 bits per heavy atom. The predicted octanol–water partition coefficient (Wildman–Crippen LogP) is 0.895. The van der Waals surface area contributed by atoms with Crippen LogP contribution in [0.4, 0.5) is 0 Å². The Hall–Kier alpha value is -2.30. The molecule has 0 bridgehead atoms. The summed E-state index contributed by atoms with van der Waals surface area (Å²) in [5.74, 6) is -0.455. The molecular formula is C12H10N2O3. The number of aromatic nitrogens is 2. The highest BCUT2D eigenvalue weighted by molar-refractivity contribution is 5.90. The lowest BCUT2D eigenvalue weighted by Crippen LogP contribution is -2.20. The molecule has 1 aliphatic heterocycles. The minimum atomic E-state index is -0.455. The molecule has 2 heterocycles. The van der Waals surface area contributed by atoms with Crippen molar-refractivity contribution in [2.45, 2.75) is 13.2 Å². The van der Waals surface area contributed by atoms with Crippen molar-refractivity contribution in [2.75, 3.05) is 0 Å². The van der Waals surface area contributed by atoms with E-state index in [1.807, 2.05) is 30.3 Å². The maximum absolute atomic E-state index is 11.7. The Kier molecular flexibility index (Phi) is 2.11. The molecule has 0 amide bonds. The van der Waals surface area contributed by atoms with Crippen LogP contribution in [0.1, 0.15) is 21.7 Å². The van der Waals surface area contributed by atoms with Gasteiger partial charge in [-0.3, -0.25) is 9.55 Å². The van der Waals surface area contributed by atoms with Gasteiger partial charge in [-0.15, -0.1) is 0 Å². The average Bonchev–Trinajstić information content (AvgIpc) is 2.83. The van der Waals surface area contributed by atoms with E-state index in [0.29, 0.717) is 12.2 Å². The molecule has 1 aromatic heterocycles. The summed E-state index contributed by atoms with van der Waals surface area (Å²) in [5.41, 5.74) is 1.65. The molecule has 2 aromatic rings. The molecule has 1 aliphatic rings. The number of nitrogens with one attached hydrogen (secondary N) is 1. The fraction of sp³-hybridized carbons (Fsp3) is 0.167. The van der Waals surface area contributed by atoms with E-state index in [9.17, 15) is 9.59 Å². The van der Waals surface area contributed by atoms with Gasteiger partial charge in [0.25, 0.3) is 0 Å². The molecule has 86 valence electrons. The molecule has 0 aliphatic carbocycles. The van der Waals surface area contributed by atoms with Gasteiger partial charge in [0.1, 0.15) is 6.61 Å². The molecule has 0 saturated heterocycles. The molecule has 0 unspecified atom stereocenters. The summed E-state index contributed by atoms with van der Waals surface area (Å²) < 4.78 is 6.40. The highest BCUT2D eigenvalue weighted by Gasteiger charge is 2.27. The fourth-order valence-electron chi connectivity index (χ4n) is 1.96. The molecule has 5 nitrogen and oxygen atoms in total. The van der Waals surface area contributed by atoms with Crippen molar-refractivity contribution in [1.29, 1.82) is 0 Å². The van der Waals surface area contributed by atoms with Crippen LogP contribution in [0.2, 0.25) is 0 Å². The van der Waals surface area contributed by atoms with Crippen molar-refractivity contribution >= 4 is 5.97 Å². The van der Waals surface area contributed by atoms with E-state index in [1.165, 1.54) is 4.57 Å². The normalized spacial score (nSPS) is 13.5. The SMILES string of the molecule is O=C1OCc2c1[nH]c(=O)n2Cc1ccccc1. The average molecular weight is 230 g/mol. The number of ether oxygens (including phenoxy) is 1. The summed E-state index contributed by atoms with van der Waals surface area (Å²) in [6.07, 6.45) is 0. The third kappa shape index (κ3) is 1.56. The second kappa shape index (κ2) is 3.62. The van der Waals surface area contributed by atoms with Gasteiger partial charge in [0, 0.05) is 0 Å². The maximum atomic E-state index is 11.7. The van der Waals surface area contributed by atoms with Crippen molar-refractivity contribution in [3.05, 3.63) is 57.8 Å². The van der Waals surface area contributed by atoms with Gasteiger partial charge in [0.15, 0.2) is 5.69 Å². The Balaban J connectivity index is 2.03. The van der Waals surface area contributed by atoms with Gasteiger partial charge < -0.3 is 4.74 Å². The van der Waals surface area contributed by atoms with E-state index in [0.717, 1.165) is 5.56 Å². The maximum Gasteiger partial charge on any atom is 0.357 e. The molecule has 0 spiro atoms. The van der Waals surface area contributed by atoms with Gasteiger partial charge in [0.2, 0.25) is 0 Å². The van der Waals surface area contributed by atoms with Crippen LogP contribution in [0, 0.1) is 0 Å². The zero-order valence-corrected chi connectivity index (χ0v) is 8.97. The Morgan fingerprint density at radius 2 is 2.00 bits per heavy atom. The number of imidazole rings is 1. The van der Waals surface area contributed by atoms with E-state index in [2.05, 4.69) is 4.98 Å². The van der Waals surface area contributed by atoms with Crippen LogP contribution >= 0.6 is 0 Å². The number of carbonyl (C=O) groups excluding carboxylic acids is 1. The molecule has 5 heteroatoms. The number of fused-ring (bicyclic) bond motifs is 1. The molecule has 1 aromatic carbocycles. The summed E-state index contributed by atoms with van der Waals surface area (Å²) in [6, 6.07) is 9.61. The first-order valence-electron chi connectivity index (χ1n) is 5.28. The van der Waals surface area contributed by atoms with Crippen LogP contribution in [0.25, 0.3) is 0 Å².